The van der Waals surface area contributed by atoms with E-state index in [1.54, 1.807) is 24.3 Å². The van der Waals surface area contributed by atoms with E-state index in [0.29, 0.717) is 23.5 Å². The zero-order chi connectivity index (χ0) is 24.0. The second-order valence-corrected chi connectivity index (χ2v) is 9.61. The van der Waals surface area contributed by atoms with Crippen molar-refractivity contribution in [3.8, 4) is 11.3 Å². The highest BCUT2D eigenvalue weighted by molar-refractivity contribution is 7.89. The second-order valence-electron chi connectivity index (χ2n) is 7.56. The minimum Gasteiger partial charge on any atom is -0.459 e. The van der Waals surface area contributed by atoms with Gasteiger partial charge < -0.3 is 9.73 Å². The predicted molar refractivity (Wildman–Crippen MR) is 121 cm³/mol. The number of nitrogens with zero attached hydrogens (tertiary/aromatic N) is 1. The summed E-state index contributed by atoms with van der Waals surface area (Å²) in [6, 6.07) is 15.2. The molecule has 0 saturated carbocycles. The highest BCUT2D eigenvalue weighted by atomic mass is 32.2. The average molecular weight is 473 g/mol. The van der Waals surface area contributed by atoms with E-state index >= 15 is 0 Å². The fraction of sp³-hybridized carbons (Fsp3) is 0.250. The number of hydrogen-bond acceptors (Lipinski definition) is 5. The van der Waals surface area contributed by atoms with E-state index in [9.17, 15) is 22.4 Å². The van der Waals surface area contributed by atoms with Gasteiger partial charge in [-0.1, -0.05) is 12.1 Å². The highest BCUT2D eigenvalue weighted by Crippen LogP contribution is 2.22. The van der Waals surface area contributed by atoms with Gasteiger partial charge in [-0.2, -0.15) is 0 Å². The summed E-state index contributed by atoms with van der Waals surface area (Å²) in [5, 5.41) is 2.74. The summed E-state index contributed by atoms with van der Waals surface area (Å²) in [6.07, 6.45) is 0.487. The molecule has 1 N–H and O–H groups in total. The van der Waals surface area contributed by atoms with E-state index in [2.05, 4.69) is 5.32 Å². The number of benzene rings is 2. The molecule has 7 nitrogen and oxygen atoms in total. The van der Waals surface area contributed by atoms with Gasteiger partial charge in [-0.05, 0) is 61.9 Å². The summed E-state index contributed by atoms with van der Waals surface area (Å²) in [5.74, 6) is 0.423. The molecule has 1 heterocycles. The minimum atomic E-state index is -3.71. The number of Topliss-reactive ketones (excluding diaryl/α,β-unsaturated/α-hetero) is 1. The van der Waals surface area contributed by atoms with Crippen molar-refractivity contribution >= 4 is 21.7 Å². The molecule has 0 aliphatic carbocycles. The Labute approximate surface area is 192 Å². The SMILES string of the molecule is CC(=O)c1ccc(S(=O)(=O)N(C)CCCC(=O)NCc2ccc(-c3ccc(F)cc3)o2)cc1. The zero-order valence-corrected chi connectivity index (χ0v) is 19.2. The maximum absolute atomic E-state index is 13.0. The number of rotatable bonds is 10. The van der Waals surface area contributed by atoms with Crippen LogP contribution in [0.15, 0.2) is 70.0 Å². The van der Waals surface area contributed by atoms with E-state index in [0.717, 1.165) is 5.56 Å². The van der Waals surface area contributed by atoms with Crippen LogP contribution in [0.3, 0.4) is 0 Å². The van der Waals surface area contributed by atoms with Crippen molar-refractivity contribution < 1.29 is 26.8 Å². The summed E-state index contributed by atoms with van der Waals surface area (Å²) >= 11 is 0. The van der Waals surface area contributed by atoms with Crippen LogP contribution in [0.5, 0.6) is 0 Å². The fourth-order valence-corrected chi connectivity index (χ4v) is 4.35. The molecule has 0 fully saturated rings. The molecule has 0 aliphatic heterocycles. The Morgan fingerprint density at radius 3 is 2.30 bits per heavy atom. The molecule has 0 spiro atoms. The molecule has 9 heteroatoms. The second kappa shape index (κ2) is 10.5. The van der Waals surface area contributed by atoms with Crippen molar-refractivity contribution in [2.24, 2.45) is 0 Å². The molecular weight excluding hydrogens is 447 g/mol. The first-order valence-electron chi connectivity index (χ1n) is 10.4. The molecule has 0 atom stereocenters. The van der Waals surface area contributed by atoms with Crippen LogP contribution < -0.4 is 5.32 Å². The first-order chi connectivity index (χ1) is 15.7. The third-order valence-electron chi connectivity index (χ3n) is 5.10. The van der Waals surface area contributed by atoms with E-state index in [1.165, 1.54) is 54.7 Å². The van der Waals surface area contributed by atoms with Gasteiger partial charge >= 0.3 is 0 Å². The lowest BCUT2D eigenvalue weighted by Gasteiger charge is -2.17. The number of furan rings is 1. The number of nitrogens with one attached hydrogen (secondary N) is 1. The molecule has 0 saturated heterocycles. The van der Waals surface area contributed by atoms with Crippen LogP contribution in [0.25, 0.3) is 11.3 Å². The van der Waals surface area contributed by atoms with Crippen molar-refractivity contribution in [2.45, 2.75) is 31.2 Å². The third-order valence-corrected chi connectivity index (χ3v) is 6.97. The quantitative estimate of drug-likeness (QED) is 0.450. The van der Waals surface area contributed by atoms with E-state index < -0.39 is 10.0 Å². The van der Waals surface area contributed by atoms with Crippen molar-refractivity contribution in [2.75, 3.05) is 13.6 Å². The number of carbonyl (C=O) groups is 2. The predicted octanol–water partition coefficient (Wildman–Crippen LogP) is 4.01. The van der Waals surface area contributed by atoms with Crippen LogP contribution in [-0.4, -0.2) is 38.0 Å². The standard InChI is InChI=1S/C24H25FN2O5S/c1-17(28)18-7-12-22(13-8-18)33(30,31)27(2)15-3-4-24(29)26-16-21-11-14-23(32-21)19-5-9-20(25)10-6-19/h5-14H,3-4,15-16H2,1-2H3,(H,26,29). The largest absolute Gasteiger partial charge is 0.459 e. The Hall–Kier alpha value is -3.30. The zero-order valence-electron chi connectivity index (χ0n) is 18.4. The molecule has 0 aliphatic rings. The topological polar surface area (TPSA) is 96.7 Å². The Morgan fingerprint density at radius 1 is 1.00 bits per heavy atom. The first kappa shape index (κ1) is 24.3. The summed E-state index contributed by atoms with van der Waals surface area (Å²) in [5.41, 5.74) is 1.17. The molecule has 3 aromatic rings. The monoisotopic (exact) mass is 472 g/mol. The van der Waals surface area contributed by atoms with Gasteiger partial charge in [0.25, 0.3) is 0 Å². The maximum atomic E-state index is 13.0. The Kier molecular flexibility index (Phi) is 7.78. The number of ketones is 1. The van der Waals surface area contributed by atoms with Gasteiger partial charge in [-0.15, -0.1) is 0 Å². The molecular formula is C24H25FN2O5S. The van der Waals surface area contributed by atoms with Crippen LogP contribution in [0.2, 0.25) is 0 Å². The van der Waals surface area contributed by atoms with Gasteiger partial charge in [0.15, 0.2) is 5.78 Å². The maximum Gasteiger partial charge on any atom is 0.242 e. The molecule has 1 aromatic heterocycles. The third kappa shape index (κ3) is 6.36. The number of amides is 1. The van der Waals surface area contributed by atoms with Crippen molar-refractivity contribution in [3.05, 3.63) is 77.8 Å². The van der Waals surface area contributed by atoms with Crippen LogP contribution in [0.4, 0.5) is 4.39 Å². The lowest BCUT2D eigenvalue weighted by atomic mass is 10.2. The minimum absolute atomic E-state index is 0.0919. The molecule has 0 bridgehead atoms. The first-order valence-corrected chi connectivity index (χ1v) is 11.8. The summed E-state index contributed by atoms with van der Waals surface area (Å²) < 4.78 is 45.2. The van der Waals surface area contributed by atoms with E-state index in [4.69, 9.17) is 4.42 Å². The van der Waals surface area contributed by atoms with Gasteiger partial charge in [0.1, 0.15) is 17.3 Å². The smallest absolute Gasteiger partial charge is 0.242 e. The van der Waals surface area contributed by atoms with Crippen molar-refractivity contribution in [1.82, 2.24) is 9.62 Å². The molecule has 0 unspecified atom stereocenters. The summed E-state index contributed by atoms with van der Waals surface area (Å²) in [7, 11) is -2.26. The average Bonchev–Trinajstić information content (AvgIpc) is 3.27. The molecule has 174 valence electrons. The number of sulfonamides is 1. The lowest BCUT2D eigenvalue weighted by molar-refractivity contribution is -0.121. The van der Waals surface area contributed by atoms with E-state index in [1.807, 2.05) is 0 Å². The molecule has 1 amide bonds. The molecule has 2 aromatic carbocycles. The summed E-state index contributed by atoms with van der Waals surface area (Å²) in [4.78, 5) is 23.6. The van der Waals surface area contributed by atoms with Crippen LogP contribution in [-0.2, 0) is 21.4 Å². The van der Waals surface area contributed by atoms with Crippen LogP contribution >= 0.6 is 0 Å². The van der Waals surface area contributed by atoms with Gasteiger partial charge in [-0.25, -0.2) is 17.1 Å². The van der Waals surface area contributed by atoms with Gasteiger partial charge in [0.2, 0.25) is 15.9 Å². The fourth-order valence-electron chi connectivity index (χ4n) is 3.14. The normalized spacial score (nSPS) is 11.5. The molecule has 0 radical (unpaired) electrons. The van der Waals surface area contributed by atoms with E-state index in [-0.39, 0.29) is 41.9 Å². The molecule has 33 heavy (non-hydrogen) atoms. The lowest BCUT2D eigenvalue weighted by Crippen LogP contribution is -2.29. The van der Waals surface area contributed by atoms with Crippen molar-refractivity contribution in [3.63, 3.8) is 0 Å². The van der Waals surface area contributed by atoms with Crippen molar-refractivity contribution in [1.29, 1.82) is 0 Å². The number of carbonyl (C=O) groups excluding carboxylic acids is 2. The van der Waals surface area contributed by atoms with Gasteiger partial charge in [0, 0.05) is 31.1 Å². The molecule has 3 rings (SSSR count). The number of halogens is 1. The Morgan fingerprint density at radius 2 is 1.67 bits per heavy atom. The van der Waals surface area contributed by atoms with Crippen LogP contribution in [0.1, 0.15) is 35.9 Å². The summed E-state index contributed by atoms with van der Waals surface area (Å²) in [6.45, 7) is 1.77. The Bertz CT molecular complexity index is 1220. The highest BCUT2D eigenvalue weighted by Gasteiger charge is 2.20. The van der Waals surface area contributed by atoms with Gasteiger partial charge in [-0.3, -0.25) is 9.59 Å². The number of hydrogen-bond donors (Lipinski definition) is 1. The Balaban J connectivity index is 1.45. The van der Waals surface area contributed by atoms with Gasteiger partial charge in [0.05, 0.1) is 11.4 Å². The van der Waals surface area contributed by atoms with Crippen LogP contribution in [0, 0.1) is 5.82 Å².